The van der Waals surface area contributed by atoms with Crippen molar-refractivity contribution in [2.45, 2.75) is 39.7 Å². The van der Waals surface area contributed by atoms with Crippen LogP contribution in [0.15, 0.2) is 66.2 Å². The lowest BCUT2D eigenvalue weighted by atomic mass is 9.95. The molecule has 1 N–H and O–H groups in total. The zero-order valence-corrected chi connectivity index (χ0v) is 25.2. The van der Waals surface area contributed by atoms with Gasteiger partial charge in [0.25, 0.3) is 5.78 Å². The standard InChI is InChI=1S/C33H33FN2O6S/c1-5-15-41-23-10-6-20(7-11-23)30(37)28-29(21-8-13-25(26(17-21)40-4)42-16-14-19(2)3)36(32(39)31(28)38)33-35-24-12-9-22(34)18-27(24)43-33/h6-13,17-19,29,37H,5,14-16H2,1-4H3. The second-order valence-electron chi connectivity index (χ2n) is 10.6. The Bertz CT molecular complexity index is 1680. The van der Waals surface area contributed by atoms with Crippen LogP contribution in [-0.4, -0.2) is 42.1 Å². The fraction of sp³-hybridized carbons (Fsp3) is 0.303. The predicted molar refractivity (Wildman–Crippen MR) is 165 cm³/mol. The Kier molecular flexibility index (Phi) is 8.96. The molecule has 1 atom stereocenters. The maximum Gasteiger partial charge on any atom is 0.301 e. The van der Waals surface area contributed by atoms with E-state index in [2.05, 4.69) is 18.8 Å². The summed E-state index contributed by atoms with van der Waals surface area (Å²) >= 11 is 1.08. The van der Waals surface area contributed by atoms with Crippen LogP contribution < -0.4 is 19.1 Å². The number of Topliss-reactive ketones (excluding diaryl/α,β-unsaturated/α-hetero) is 1. The zero-order valence-electron chi connectivity index (χ0n) is 24.4. The third-order valence-corrected chi connectivity index (χ3v) is 8.06. The Labute approximate surface area is 253 Å². The third kappa shape index (κ3) is 6.19. The van der Waals surface area contributed by atoms with Crippen LogP contribution in [-0.2, 0) is 9.59 Å². The van der Waals surface area contributed by atoms with E-state index in [1.165, 1.54) is 30.2 Å². The maximum absolute atomic E-state index is 14.0. The number of fused-ring (bicyclic) bond motifs is 1. The minimum atomic E-state index is -1.04. The average molecular weight is 605 g/mol. The van der Waals surface area contributed by atoms with Crippen molar-refractivity contribution in [3.63, 3.8) is 0 Å². The Morgan fingerprint density at radius 3 is 2.49 bits per heavy atom. The van der Waals surface area contributed by atoms with Crippen LogP contribution in [0.4, 0.5) is 9.52 Å². The highest BCUT2D eigenvalue weighted by molar-refractivity contribution is 7.22. The molecule has 0 aliphatic carbocycles. The number of anilines is 1. The lowest BCUT2D eigenvalue weighted by molar-refractivity contribution is -0.132. The molecule has 1 amide bonds. The minimum Gasteiger partial charge on any atom is -0.507 e. The molecular weight excluding hydrogens is 571 g/mol. The quantitative estimate of drug-likeness (QED) is 0.109. The van der Waals surface area contributed by atoms with E-state index < -0.39 is 23.5 Å². The van der Waals surface area contributed by atoms with Gasteiger partial charge in [0.05, 0.1) is 42.2 Å². The van der Waals surface area contributed by atoms with Crippen molar-refractivity contribution in [3.05, 3.63) is 83.2 Å². The van der Waals surface area contributed by atoms with Crippen LogP contribution in [0.2, 0.25) is 0 Å². The van der Waals surface area contributed by atoms with E-state index in [-0.39, 0.29) is 16.5 Å². The molecular formula is C33H33FN2O6S. The number of ether oxygens (including phenoxy) is 3. The normalized spacial score (nSPS) is 16.3. The van der Waals surface area contributed by atoms with Gasteiger partial charge in [-0.2, -0.15) is 0 Å². The fourth-order valence-corrected chi connectivity index (χ4v) is 5.81. The topological polar surface area (TPSA) is 98.2 Å². The van der Waals surface area contributed by atoms with Gasteiger partial charge in [-0.05, 0) is 78.9 Å². The van der Waals surface area contributed by atoms with Gasteiger partial charge >= 0.3 is 5.91 Å². The lowest BCUT2D eigenvalue weighted by Crippen LogP contribution is -2.29. The summed E-state index contributed by atoms with van der Waals surface area (Å²) in [7, 11) is 1.51. The Balaban J connectivity index is 1.63. The fourth-order valence-electron chi connectivity index (χ4n) is 4.80. The molecule has 1 unspecified atom stereocenters. The van der Waals surface area contributed by atoms with E-state index in [0.29, 0.717) is 57.7 Å². The first-order valence-electron chi connectivity index (χ1n) is 14.1. The summed E-state index contributed by atoms with van der Waals surface area (Å²) in [5.74, 6) is -0.491. The molecule has 224 valence electrons. The number of carbonyl (C=O) groups excluding carboxylic acids is 2. The molecule has 10 heteroatoms. The van der Waals surface area contributed by atoms with Gasteiger partial charge in [-0.3, -0.25) is 14.5 Å². The van der Waals surface area contributed by atoms with Gasteiger partial charge in [0, 0.05) is 5.56 Å². The number of thiazole rings is 1. The number of carbonyl (C=O) groups is 2. The monoisotopic (exact) mass is 604 g/mol. The number of ketones is 1. The van der Waals surface area contributed by atoms with Crippen molar-refractivity contribution >= 4 is 44.1 Å². The first-order valence-corrected chi connectivity index (χ1v) is 14.9. The number of amides is 1. The van der Waals surface area contributed by atoms with Gasteiger partial charge in [-0.25, -0.2) is 9.37 Å². The van der Waals surface area contributed by atoms with Crippen LogP contribution in [0.1, 0.15) is 50.8 Å². The minimum absolute atomic E-state index is 0.104. The van der Waals surface area contributed by atoms with Crippen molar-refractivity contribution in [3.8, 4) is 17.2 Å². The molecule has 1 aliphatic rings. The summed E-state index contributed by atoms with van der Waals surface area (Å²) < 4.78 is 31.7. The van der Waals surface area contributed by atoms with Crippen molar-refractivity contribution < 1.29 is 33.3 Å². The highest BCUT2D eigenvalue weighted by atomic mass is 32.1. The lowest BCUT2D eigenvalue weighted by Gasteiger charge is -2.24. The van der Waals surface area contributed by atoms with E-state index in [4.69, 9.17) is 14.2 Å². The van der Waals surface area contributed by atoms with Gasteiger partial charge in [0.2, 0.25) is 0 Å². The second-order valence-corrected chi connectivity index (χ2v) is 11.6. The number of rotatable bonds is 11. The summed E-state index contributed by atoms with van der Waals surface area (Å²) in [6, 6.07) is 14.9. The smallest absolute Gasteiger partial charge is 0.301 e. The summed E-state index contributed by atoms with van der Waals surface area (Å²) in [4.78, 5) is 33.0. The molecule has 4 aromatic rings. The van der Waals surface area contributed by atoms with Gasteiger partial charge in [0.1, 0.15) is 17.3 Å². The molecule has 3 aromatic carbocycles. The molecule has 5 rings (SSSR count). The molecule has 1 aromatic heterocycles. The SMILES string of the molecule is CCCOc1ccc(C(O)=C2C(=O)C(=O)N(c3nc4ccc(F)cc4s3)C2c2ccc(OCCC(C)C)c(OC)c2)cc1. The van der Waals surface area contributed by atoms with E-state index >= 15 is 0 Å². The summed E-state index contributed by atoms with van der Waals surface area (Å²) in [5.41, 5.74) is 1.23. The van der Waals surface area contributed by atoms with Crippen molar-refractivity contribution in [1.29, 1.82) is 0 Å². The second kappa shape index (κ2) is 12.8. The van der Waals surface area contributed by atoms with Crippen LogP contribution in [0.3, 0.4) is 0 Å². The van der Waals surface area contributed by atoms with Crippen molar-refractivity contribution in [2.75, 3.05) is 25.2 Å². The van der Waals surface area contributed by atoms with Crippen LogP contribution in [0.25, 0.3) is 16.0 Å². The van der Waals surface area contributed by atoms with Crippen LogP contribution in [0, 0.1) is 11.7 Å². The van der Waals surface area contributed by atoms with E-state index in [1.54, 1.807) is 42.5 Å². The zero-order chi connectivity index (χ0) is 30.7. The molecule has 0 radical (unpaired) electrons. The van der Waals surface area contributed by atoms with Gasteiger partial charge in [0.15, 0.2) is 16.6 Å². The number of aromatic nitrogens is 1. The highest BCUT2D eigenvalue weighted by Gasteiger charge is 2.48. The van der Waals surface area contributed by atoms with E-state index in [9.17, 15) is 19.1 Å². The van der Waals surface area contributed by atoms with E-state index in [1.807, 2.05) is 6.92 Å². The number of aliphatic hydroxyl groups is 1. The number of halogens is 1. The molecule has 1 aliphatic heterocycles. The number of benzene rings is 3. The van der Waals surface area contributed by atoms with Gasteiger partial charge in [-0.1, -0.05) is 38.2 Å². The molecule has 0 spiro atoms. The molecule has 0 saturated carbocycles. The summed E-state index contributed by atoms with van der Waals surface area (Å²) in [6.45, 7) is 7.25. The molecule has 2 heterocycles. The summed E-state index contributed by atoms with van der Waals surface area (Å²) in [6.07, 6.45) is 1.69. The Morgan fingerprint density at radius 2 is 1.79 bits per heavy atom. The number of nitrogens with zero attached hydrogens (tertiary/aromatic N) is 2. The highest BCUT2D eigenvalue weighted by Crippen LogP contribution is 2.46. The van der Waals surface area contributed by atoms with Crippen molar-refractivity contribution in [1.82, 2.24) is 4.98 Å². The van der Waals surface area contributed by atoms with Crippen LogP contribution >= 0.6 is 11.3 Å². The Morgan fingerprint density at radius 1 is 1.02 bits per heavy atom. The van der Waals surface area contributed by atoms with Crippen LogP contribution in [0.5, 0.6) is 17.2 Å². The van der Waals surface area contributed by atoms with Gasteiger partial charge in [-0.15, -0.1) is 0 Å². The molecule has 1 saturated heterocycles. The van der Waals surface area contributed by atoms with E-state index in [0.717, 1.165) is 24.2 Å². The van der Waals surface area contributed by atoms with Gasteiger partial charge < -0.3 is 19.3 Å². The largest absolute Gasteiger partial charge is 0.507 e. The first-order chi connectivity index (χ1) is 20.7. The third-order valence-electron chi connectivity index (χ3n) is 7.05. The summed E-state index contributed by atoms with van der Waals surface area (Å²) in [5, 5.41) is 11.7. The molecule has 0 bridgehead atoms. The maximum atomic E-state index is 14.0. The Hall–Kier alpha value is -4.44. The number of aliphatic hydroxyl groups excluding tert-OH is 1. The number of hydrogen-bond acceptors (Lipinski definition) is 8. The number of hydrogen-bond donors (Lipinski definition) is 1. The molecule has 1 fully saturated rings. The van der Waals surface area contributed by atoms with Crippen molar-refractivity contribution in [2.24, 2.45) is 5.92 Å². The predicted octanol–water partition coefficient (Wildman–Crippen LogP) is 7.28. The number of methoxy groups -OCH3 is 1. The first kappa shape index (κ1) is 30.0. The molecule has 43 heavy (non-hydrogen) atoms. The molecule has 8 nitrogen and oxygen atoms in total. The average Bonchev–Trinajstić information content (AvgIpc) is 3.53.